The monoisotopic (exact) mass is 440 g/mol. The summed E-state index contributed by atoms with van der Waals surface area (Å²) < 4.78 is 17.4. The highest BCUT2D eigenvalue weighted by Crippen LogP contribution is 2.30. The summed E-state index contributed by atoms with van der Waals surface area (Å²) in [6.07, 6.45) is 0.843. The van der Waals surface area contributed by atoms with E-state index >= 15 is 0 Å². The maximum atomic E-state index is 13.6. The Hall–Kier alpha value is -3.13. The van der Waals surface area contributed by atoms with Gasteiger partial charge in [0.05, 0.1) is 0 Å². The molecule has 31 heavy (non-hydrogen) atoms. The van der Waals surface area contributed by atoms with Crippen LogP contribution in [0.25, 0.3) is 0 Å². The number of hydrogen-bond acceptors (Lipinski definition) is 5. The number of rotatable bonds is 6. The third-order valence-electron chi connectivity index (χ3n) is 4.61. The maximum Gasteiger partial charge on any atom is 0.280 e. The fraction of sp³-hybridized carbons (Fsp3) is 0.304. The van der Waals surface area contributed by atoms with Gasteiger partial charge in [0.1, 0.15) is 11.9 Å². The molecule has 2 aromatic carbocycles. The van der Waals surface area contributed by atoms with Crippen molar-refractivity contribution in [1.82, 2.24) is 14.9 Å². The van der Waals surface area contributed by atoms with Crippen molar-refractivity contribution >= 4 is 29.0 Å². The summed E-state index contributed by atoms with van der Waals surface area (Å²) in [4.78, 5) is 28.3. The van der Waals surface area contributed by atoms with Gasteiger partial charge in [-0.05, 0) is 74.1 Å². The smallest absolute Gasteiger partial charge is 0.280 e. The number of aryl methyl sites for hydroxylation is 1. The molecule has 0 aliphatic rings. The lowest BCUT2D eigenvalue weighted by Crippen LogP contribution is -2.49. The van der Waals surface area contributed by atoms with Crippen LogP contribution in [0.4, 0.5) is 10.1 Å². The minimum Gasteiger partial charge on any atom is -0.349 e. The quantitative estimate of drug-likeness (QED) is 0.611. The topological polar surface area (TPSA) is 75.2 Å². The van der Waals surface area contributed by atoms with Crippen molar-refractivity contribution in [1.29, 1.82) is 0 Å². The van der Waals surface area contributed by atoms with E-state index in [0.29, 0.717) is 11.3 Å². The zero-order valence-corrected chi connectivity index (χ0v) is 18.7. The SMILES string of the molecule is CCc1ccc(N(C(=O)c2csnn2)C(C(=O)NC(C)(C)C)c2ccc(F)cc2)cc1. The summed E-state index contributed by atoms with van der Waals surface area (Å²) in [7, 11) is 0. The number of carbonyl (C=O) groups excluding carboxylic acids is 2. The molecule has 0 fully saturated rings. The van der Waals surface area contributed by atoms with E-state index in [4.69, 9.17) is 0 Å². The molecule has 8 heteroatoms. The summed E-state index contributed by atoms with van der Waals surface area (Å²) in [5.74, 6) is -1.26. The largest absolute Gasteiger partial charge is 0.349 e. The Bertz CT molecular complexity index is 1030. The zero-order chi connectivity index (χ0) is 22.6. The first kappa shape index (κ1) is 22.6. The number of anilines is 1. The number of nitrogens with zero attached hydrogens (tertiary/aromatic N) is 3. The fourth-order valence-corrected chi connectivity index (χ4v) is 3.59. The van der Waals surface area contributed by atoms with E-state index in [9.17, 15) is 14.0 Å². The molecule has 0 aliphatic heterocycles. The molecule has 1 heterocycles. The highest BCUT2D eigenvalue weighted by molar-refractivity contribution is 7.03. The van der Waals surface area contributed by atoms with E-state index in [1.54, 1.807) is 17.5 Å². The predicted octanol–water partition coefficient (Wildman–Crippen LogP) is 4.54. The van der Waals surface area contributed by atoms with Crippen molar-refractivity contribution in [3.05, 3.63) is 76.5 Å². The second-order valence-corrected chi connectivity index (χ2v) is 8.79. The van der Waals surface area contributed by atoms with Crippen molar-refractivity contribution in [2.24, 2.45) is 0 Å². The number of aromatic nitrogens is 2. The molecule has 1 unspecified atom stereocenters. The maximum absolute atomic E-state index is 13.6. The molecular formula is C23H25FN4O2S. The molecule has 1 N–H and O–H groups in total. The van der Waals surface area contributed by atoms with Crippen LogP contribution in [-0.2, 0) is 11.2 Å². The van der Waals surface area contributed by atoms with Gasteiger partial charge >= 0.3 is 0 Å². The summed E-state index contributed by atoms with van der Waals surface area (Å²) in [6.45, 7) is 7.62. The van der Waals surface area contributed by atoms with Crippen LogP contribution in [0.3, 0.4) is 0 Å². The van der Waals surface area contributed by atoms with Crippen LogP contribution in [0.5, 0.6) is 0 Å². The Morgan fingerprint density at radius 1 is 1.10 bits per heavy atom. The second-order valence-electron chi connectivity index (χ2n) is 8.18. The van der Waals surface area contributed by atoms with Gasteiger partial charge in [-0.2, -0.15) is 0 Å². The molecule has 0 radical (unpaired) electrons. The van der Waals surface area contributed by atoms with Gasteiger partial charge in [-0.1, -0.05) is 35.7 Å². The Balaban J connectivity index is 2.16. The molecular weight excluding hydrogens is 415 g/mol. The summed E-state index contributed by atoms with van der Waals surface area (Å²) in [6, 6.07) is 12.0. The first-order chi connectivity index (χ1) is 14.7. The number of halogens is 1. The molecule has 0 spiro atoms. The molecule has 162 valence electrons. The number of hydrogen-bond donors (Lipinski definition) is 1. The van der Waals surface area contributed by atoms with Gasteiger partial charge < -0.3 is 5.32 Å². The summed E-state index contributed by atoms with van der Waals surface area (Å²) >= 11 is 1.06. The van der Waals surface area contributed by atoms with Gasteiger partial charge in [-0.25, -0.2) is 4.39 Å². The fourth-order valence-electron chi connectivity index (χ4n) is 3.16. The standard InChI is InChI=1S/C23H25FN4O2S/c1-5-15-6-12-18(13-7-15)28(22(30)19-14-31-27-26-19)20(21(29)25-23(2,3)4)16-8-10-17(24)11-9-16/h6-14,20H,5H2,1-4H3,(H,25,29). The van der Waals surface area contributed by atoms with Gasteiger partial charge in [0.25, 0.3) is 5.91 Å². The predicted molar refractivity (Wildman–Crippen MR) is 120 cm³/mol. The van der Waals surface area contributed by atoms with Gasteiger partial charge in [0.15, 0.2) is 5.69 Å². The van der Waals surface area contributed by atoms with Crippen molar-refractivity contribution in [2.45, 2.75) is 45.7 Å². The molecule has 3 aromatic rings. The first-order valence-electron chi connectivity index (χ1n) is 9.96. The van der Waals surface area contributed by atoms with E-state index in [1.807, 2.05) is 39.8 Å². The molecule has 3 rings (SSSR count). The van der Waals surface area contributed by atoms with Crippen LogP contribution < -0.4 is 10.2 Å². The normalized spacial score (nSPS) is 12.3. The van der Waals surface area contributed by atoms with E-state index < -0.39 is 23.3 Å². The van der Waals surface area contributed by atoms with Crippen LogP contribution >= 0.6 is 11.5 Å². The van der Waals surface area contributed by atoms with E-state index in [-0.39, 0.29) is 11.6 Å². The lowest BCUT2D eigenvalue weighted by Gasteiger charge is -2.33. The number of amides is 2. The van der Waals surface area contributed by atoms with Crippen molar-refractivity contribution < 1.29 is 14.0 Å². The third kappa shape index (κ3) is 5.52. The molecule has 6 nitrogen and oxygen atoms in total. The Labute approximate surface area is 185 Å². The summed E-state index contributed by atoms with van der Waals surface area (Å²) in [5.41, 5.74) is 1.73. The molecule has 1 atom stereocenters. The zero-order valence-electron chi connectivity index (χ0n) is 17.9. The van der Waals surface area contributed by atoms with Crippen LogP contribution in [0, 0.1) is 5.82 Å². The van der Waals surface area contributed by atoms with E-state index in [0.717, 1.165) is 23.5 Å². The van der Waals surface area contributed by atoms with Crippen molar-refractivity contribution in [3.8, 4) is 0 Å². The van der Waals surface area contributed by atoms with Crippen LogP contribution in [0.2, 0.25) is 0 Å². The first-order valence-corrected chi connectivity index (χ1v) is 10.8. The van der Waals surface area contributed by atoms with Crippen molar-refractivity contribution in [3.63, 3.8) is 0 Å². The molecule has 1 aromatic heterocycles. The minimum atomic E-state index is -1.03. The molecule has 0 saturated carbocycles. The van der Waals surface area contributed by atoms with E-state index in [1.165, 1.54) is 29.2 Å². The summed E-state index contributed by atoms with van der Waals surface area (Å²) in [5, 5.41) is 8.39. The minimum absolute atomic E-state index is 0.139. The van der Waals surface area contributed by atoms with Gasteiger partial charge in [0, 0.05) is 16.6 Å². The van der Waals surface area contributed by atoms with E-state index in [2.05, 4.69) is 14.9 Å². The number of carbonyl (C=O) groups is 2. The highest BCUT2D eigenvalue weighted by atomic mass is 32.1. The number of nitrogens with one attached hydrogen (secondary N) is 1. The molecule has 0 saturated heterocycles. The number of benzene rings is 2. The Morgan fingerprint density at radius 3 is 2.26 bits per heavy atom. The second kappa shape index (κ2) is 9.34. The lowest BCUT2D eigenvalue weighted by atomic mass is 10.00. The van der Waals surface area contributed by atoms with Gasteiger partial charge in [0.2, 0.25) is 5.91 Å². The van der Waals surface area contributed by atoms with Crippen LogP contribution in [0.15, 0.2) is 53.9 Å². The van der Waals surface area contributed by atoms with Gasteiger partial charge in [-0.15, -0.1) is 5.10 Å². The Kier molecular flexibility index (Phi) is 6.80. The van der Waals surface area contributed by atoms with Crippen molar-refractivity contribution in [2.75, 3.05) is 4.90 Å². The molecule has 0 bridgehead atoms. The van der Waals surface area contributed by atoms with Crippen LogP contribution in [0.1, 0.15) is 55.4 Å². The molecule has 2 amide bonds. The van der Waals surface area contributed by atoms with Crippen LogP contribution in [-0.4, -0.2) is 26.9 Å². The average molecular weight is 441 g/mol. The highest BCUT2D eigenvalue weighted by Gasteiger charge is 2.35. The molecule has 0 aliphatic carbocycles. The third-order valence-corrected chi connectivity index (χ3v) is 5.12. The Morgan fingerprint density at radius 2 is 1.74 bits per heavy atom. The van der Waals surface area contributed by atoms with Gasteiger partial charge in [-0.3, -0.25) is 14.5 Å². The lowest BCUT2D eigenvalue weighted by molar-refractivity contribution is -0.123. The average Bonchev–Trinajstić information content (AvgIpc) is 3.26.